The van der Waals surface area contributed by atoms with Crippen LogP contribution in [0, 0.1) is 0 Å². The number of fused-ring (bicyclic) bond motifs is 1. The number of hydrogen-bond acceptors (Lipinski definition) is 3. The molecule has 2 aromatic carbocycles. The summed E-state index contributed by atoms with van der Waals surface area (Å²) in [5.41, 5.74) is 5.14. The number of pyridine rings is 1. The second kappa shape index (κ2) is 5.37. The summed E-state index contributed by atoms with van der Waals surface area (Å²) in [6.07, 6.45) is 3.30. The molecule has 2 heterocycles. The fraction of sp³-hybridized carbons (Fsp3) is 0. The van der Waals surface area contributed by atoms with Crippen LogP contribution >= 0.6 is 0 Å². The van der Waals surface area contributed by atoms with Gasteiger partial charge in [0.05, 0.1) is 5.69 Å². The minimum absolute atomic E-state index is 0.722. The van der Waals surface area contributed by atoms with Crippen molar-refractivity contribution in [3.05, 3.63) is 79.3 Å². The maximum atomic E-state index is 4.60. The van der Waals surface area contributed by atoms with Crippen molar-refractivity contribution >= 4 is 11.0 Å². The highest BCUT2D eigenvalue weighted by Crippen LogP contribution is 2.24. The Morgan fingerprint density at radius 1 is 0.636 bits per heavy atom. The van der Waals surface area contributed by atoms with E-state index in [0.29, 0.717) is 0 Å². The molecular weight excluding hydrogens is 270 g/mol. The molecule has 0 unspecified atom stereocenters. The van der Waals surface area contributed by atoms with Gasteiger partial charge < -0.3 is 0 Å². The first-order valence-corrected chi connectivity index (χ1v) is 7.13. The van der Waals surface area contributed by atoms with Crippen molar-refractivity contribution in [2.24, 2.45) is 0 Å². The van der Waals surface area contributed by atoms with Crippen LogP contribution in [-0.2, 0) is 0 Å². The Hall–Kier alpha value is -3.07. The van der Waals surface area contributed by atoms with Crippen molar-refractivity contribution in [2.75, 3.05) is 0 Å². The number of nitrogens with zero attached hydrogens (tertiary/aromatic N) is 3. The van der Waals surface area contributed by atoms with E-state index in [4.69, 9.17) is 0 Å². The van der Waals surface area contributed by atoms with Crippen LogP contribution in [0.15, 0.2) is 79.3 Å². The Morgan fingerprint density at radius 3 is 2.18 bits per heavy atom. The third-order valence-electron chi connectivity index (χ3n) is 3.65. The SMILES string of the molecule is c1ccc(-c2ccc(-c3ccc4cncnc4n3)cc2)cc1. The van der Waals surface area contributed by atoms with E-state index in [2.05, 4.69) is 51.4 Å². The van der Waals surface area contributed by atoms with Crippen LogP contribution in [0.4, 0.5) is 0 Å². The summed E-state index contributed by atoms with van der Waals surface area (Å²) >= 11 is 0. The Morgan fingerprint density at radius 2 is 1.36 bits per heavy atom. The largest absolute Gasteiger partial charge is 0.244 e. The van der Waals surface area contributed by atoms with E-state index >= 15 is 0 Å². The minimum Gasteiger partial charge on any atom is -0.244 e. The lowest BCUT2D eigenvalue weighted by Gasteiger charge is -2.05. The van der Waals surface area contributed by atoms with Crippen molar-refractivity contribution in [2.45, 2.75) is 0 Å². The second-order valence-electron chi connectivity index (χ2n) is 5.08. The molecule has 104 valence electrons. The summed E-state index contributed by atoms with van der Waals surface area (Å²) in [5, 5.41) is 0.951. The highest BCUT2D eigenvalue weighted by molar-refractivity contribution is 5.77. The Kier molecular flexibility index (Phi) is 3.09. The predicted molar refractivity (Wildman–Crippen MR) is 88.2 cm³/mol. The van der Waals surface area contributed by atoms with Crippen LogP contribution in [0.1, 0.15) is 0 Å². The second-order valence-corrected chi connectivity index (χ2v) is 5.08. The van der Waals surface area contributed by atoms with Gasteiger partial charge in [0.2, 0.25) is 0 Å². The van der Waals surface area contributed by atoms with Crippen LogP contribution in [0.5, 0.6) is 0 Å². The highest BCUT2D eigenvalue weighted by atomic mass is 14.9. The van der Waals surface area contributed by atoms with Gasteiger partial charge in [-0.2, -0.15) is 0 Å². The zero-order valence-electron chi connectivity index (χ0n) is 11.8. The molecule has 4 rings (SSSR count). The molecule has 0 N–H and O–H groups in total. The van der Waals surface area contributed by atoms with E-state index < -0.39 is 0 Å². The normalized spacial score (nSPS) is 10.7. The predicted octanol–water partition coefficient (Wildman–Crippen LogP) is 4.36. The van der Waals surface area contributed by atoms with Crippen molar-refractivity contribution in [3.63, 3.8) is 0 Å². The minimum atomic E-state index is 0.722. The average molecular weight is 283 g/mol. The van der Waals surface area contributed by atoms with Gasteiger partial charge in [-0.25, -0.2) is 15.0 Å². The lowest BCUT2D eigenvalue weighted by molar-refractivity contribution is 1.18. The molecule has 0 aliphatic carbocycles. The molecule has 0 fully saturated rings. The summed E-state index contributed by atoms with van der Waals surface area (Å²) in [5.74, 6) is 0. The van der Waals surface area contributed by atoms with Gasteiger partial charge in [0.1, 0.15) is 6.33 Å². The molecule has 0 radical (unpaired) electrons. The summed E-state index contributed by atoms with van der Waals surface area (Å²) in [6, 6.07) is 22.8. The monoisotopic (exact) mass is 283 g/mol. The van der Waals surface area contributed by atoms with Gasteiger partial charge in [-0.05, 0) is 23.3 Å². The number of benzene rings is 2. The van der Waals surface area contributed by atoms with Crippen LogP contribution in [-0.4, -0.2) is 15.0 Å². The molecule has 0 saturated heterocycles. The van der Waals surface area contributed by atoms with Crippen LogP contribution in [0.3, 0.4) is 0 Å². The molecule has 0 atom stereocenters. The molecule has 0 aliphatic heterocycles. The van der Waals surface area contributed by atoms with E-state index in [1.807, 2.05) is 30.3 Å². The maximum absolute atomic E-state index is 4.60. The van der Waals surface area contributed by atoms with Gasteiger partial charge in [0, 0.05) is 17.1 Å². The third-order valence-corrected chi connectivity index (χ3v) is 3.65. The number of hydrogen-bond donors (Lipinski definition) is 0. The quantitative estimate of drug-likeness (QED) is 0.548. The first-order valence-electron chi connectivity index (χ1n) is 7.13. The van der Waals surface area contributed by atoms with E-state index in [9.17, 15) is 0 Å². The molecule has 4 aromatic rings. The van der Waals surface area contributed by atoms with Crippen molar-refractivity contribution in [1.29, 1.82) is 0 Å². The zero-order chi connectivity index (χ0) is 14.8. The van der Waals surface area contributed by atoms with Gasteiger partial charge >= 0.3 is 0 Å². The summed E-state index contributed by atoms with van der Waals surface area (Å²) < 4.78 is 0. The van der Waals surface area contributed by atoms with Gasteiger partial charge in [0.25, 0.3) is 0 Å². The molecule has 0 bridgehead atoms. The van der Waals surface area contributed by atoms with Crippen molar-refractivity contribution < 1.29 is 0 Å². The van der Waals surface area contributed by atoms with Crippen LogP contribution in [0.2, 0.25) is 0 Å². The summed E-state index contributed by atoms with van der Waals surface area (Å²) in [4.78, 5) is 12.8. The smallest absolute Gasteiger partial charge is 0.163 e. The molecule has 2 aromatic heterocycles. The van der Waals surface area contributed by atoms with Gasteiger partial charge in [0.15, 0.2) is 5.65 Å². The number of rotatable bonds is 2. The Balaban J connectivity index is 1.73. The van der Waals surface area contributed by atoms with Crippen molar-refractivity contribution in [1.82, 2.24) is 15.0 Å². The lowest BCUT2D eigenvalue weighted by atomic mass is 10.0. The molecule has 3 heteroatoms. The van der Waals surface area contributed by atoms with Gasteiger partial charge in [-0.1, -0.05) is 54.6 Å². The van der Waals surface area contributed by atoms with Crippen LogP contribution < -0.4 is 0 Å². The van der Waals surface area contributed by atoms with E-state index in [1.54, 1.807) is 6.20 Å². The summed E-state index contributed by atoms with van der Waals surface area (Å²) in [7, 11) is 0. The first kappa shape index (κ1) is 12.7. The van der Waals surface area contributed by atoms with Gasteiger partial charge in [-0.3, -0.25) is 0 Å². The molecule has 0 amide bonds. The fourth-order valence-corrected chi connectivity index (χ4v) is 2.49. The van der Waals surface area contributed by atoms with E-state index in [1.165, 1.54) is 17.5 Å². The van der Waals surface area contributed by atoms with Gasteiger partial charge in [-0.15, -0.1) is 0 Å². The number of aromatic nitrogens is 3. The molecule has 0 aliphatic rings. The molecule has 22 heavy (non-hydrogen) atoms. The lowest BCUT2D eigenvalue weighted by Crippen LogP contribution is -1.89. The van der Waals surface area contributed by atoms with Crippen molar-refractivity contribution in [3.8, 4) is 22.4 Å². The Labute approximate surface area is 128 Å². The molecule has 0 spiro atoms. The van der Waals surface area contributed by atoms with E-state index in [0.717, 1.165) is 22.3 Å². The zero-order valence-corrected chi connectivity index (χ0v) is 11.8. The summed E-state index contributed by atoms with van der Waals surface area (Å²) in [6.45, 7) is 0. The molecular formula is C19H13N3. The standard InChI is InChI=1S/C19H13N3/c1-2-4-14(5-3-1)15-6-8-16(9-7-15)18-11-10-17-12-20-13-21-19(17)22-18/h1-13H. The molecule has 0 saturated carbocycles. The van der Waals surface area contributed by atoms with Crippen LogP contribution in [0.25, 0.3) is 33.4 Å². The first-order chi connectivity index (χ1) is 10.9. The highest BCUT2D eigenvalue weighted by Gasteiger charge is 2.03. The average Bonchev–Trinajstić information content (AvgIpc) is 2.62. The van der Waals surface area contributed by atoms with E-state index in [-0.39, 0.29) is 0 Å². The fourth-order valence-electron chi connectivity index (χ4n) is 2.49. The topological polar surface area (TPSA) is 38.7 Å². The third kappa shape index (κ3) is 2.33. The maximum Gasteiger partial charge on any atom is 0.163 e. The molecule has 3 nitrogen and oxygen atoms in total. The Bertz CT molecular complexity index is 916.